The summed E-state index contributed by atoms with van der Waals surface area (Å²) in [5.41, 5.74) is 0.501. The van der Waals surface area contributed by atoms with E-state index in [0.717, 1.165) is 6.04 Å². The van der Waals surface area contributed by atoms with Crippen molar-refractivity contribution in [2.45, 2.75) is 56.5 Å². The van der Waals surface area contributed by atoms with Crippen molar-refractivity contribution >= 4 is 11.8 Å². The first kappa shape index (κ1) is 12.3. The molecule has 1 saturated carbocycles. The summed E-state index contributed by atoms with van der Waals surface area (Å²) in [4.78, 5) is 2.84. The molecule has 1 aliphatic carbocycles. The van der Waals surface area contributed by atoms with Crippen LogP contribution in [-0.2, 0) is 0 Å². The largest absolute Gasteiger partial charge is 0.310 e. The number of rotatable bonds is 1. The zero-order valence-corrected chi connectivity index (χ0v) is 11.7. The molecule has 0 atom stereocenters. The van der Waals surface area contributed by atoms with Crippen molar-refractivity contribution in [1.82, 2.24) is 10.2 Å². The van der Waals surface area contributed by atoms with E-state index in [1.165, 1.54) is 76.1 Å². The Kier molecular flexibility index (Phi) is 3.98. The van der Waals surface area contributed by atoms with Crippen LogP contribution in [0.25, 0.3) is 0 Å². The second kappa shape index (κ2) is 5.50. The SMILES string of the molecule is C1CNC2(CCCC2)CN(C2CCSCC2)C1. The van der Waals surface area contributed by atoms with Gasteiger partial charge in [-0.25, -0.2) is 0 Å². The van der Waals surface area contributed by atoms with Gasteiger partial charge < -0.3 is 5.32 Å². The number of hydrogen-bond donors (Lipinski definition) is 1. The minimum absolute atomic E-state index is 0.501. The second-order valence-corrected chi connectivity index (χ2v) is 7.31. The molecular formula is C14H26N2S. The molecule has 98 valence electrons. The highest BCUT2D eigenvalue weighted by Gasteiger charge is 2.38. The molecule has 0 unspecified atom stereocenters. The van der Waals surface area contributed by atoms with Gasteiger partial charge in [0.25, 0.3) is 0 Å². The molecule has 2 nitrogen and oxygen atoms in total. The summed E-state index contributed by atoms with van der Waals surface area (Å²) in [6.07, 6.45) is 9.95. The van der Waals surface area contributed by atoms with Crippen LogP contribution in [0.2, 0.25) is 0 Å². The van der Waals surface area contributed by atoms with Crippen LogP contribution >= 0.6 is 11.8 Å². The predicted molar refractivity (Wildman–Crippen MR) is 75.7 cm³/mol. The van der Waals surface area contributed by atoms with Crippen LogP contribution in [0, 0.1) is 0 Å². The smallest absolute Gasteiger partial charge is 0.0308 e. The fraction of sp³-hybridized carbons (Fsp3) is 1.00. The topological polar surface area (TPSA) is 15.3 Å². The van der Waals surface area contributed by atoms with Gasteiger partial charge in [-0.3, -0.25) is 4.90 Å². The highest BCUT2D eigenvalue weighted by atomic mass is 32.2. The van der Waals surface area contributed by atoms with Crippen LogP contribution in [0.5, 0.6) is 0 Å². The first-order valence-electron chi connectivity index (χ1n) is 7.45. The zero-order chi connectivity index (χ0) is 11.6. The van der Waals surface area contributed by atoms with Crippen molar-refractivity contribution in [2.75, 3.05) is 31.1 Å². The van der Waals surface area contributed by atoms with Crippen LogP contribution in [0.3, 0.4) is 0 Å². The molecule has 3 fully saturated rings. The lowest BCUT2D eigenvalue weighted by molar-refractivity contribution is 0.148. The first-order chi connectivity index (χ1) is 8.38. The molecule has 0 amide bonds. The van der Waals surface area contributed by atoms with Crippen LogP contribution in [-0.4, -0.2) is 47.6 Å². The molecule has 0 aromatic carbocycles. The summed E-state index contributed by atoms with van der Waals surface area (Å²) in [7, 11) is 0. The van der Waals surface area contributed by atoms with E-state index >= 15 is 0 Å². The molecule has 2 heterocycles. The monoisotopic (exact) mass is 254 g/mol. The minimum atomic E-state index is 0.501. The molecule has 0 bridgehead atoms. The van der Waals surface area contributed by atoms with Crippen molar-refractivity contribution in [3.8, 4) is 0 Å². The molecule has 0 aromatic heterocycles. The lowest BCUT2D eigenvalue weighted by Crippen LogP contribution is -2.52. The fourth-order valence-electron chi connectivity index (χ4n) is 3.91. The average molecular weight is 254 g/mol. The van der Waals surface area contributed by atoms with Gasteiger partial charge in [0.15, 0.2) is 0 Å². The normalized spacial score (nSPS) is 31.8. The van der Waals surface area contributed by atoms with Crippen molar-refractivity contribution in [3.05, 3.63) is 0 Å². The molecule has 3 aliphatic rings. The molecule has 1 N–H and O–H groups in total. The van der Waals surface area contributed by atoms with E-state index in [1.807, 2.05) is 0 Å². The highest BCUT2D eigenvalue weighted by Crippen LogP contribution is 2.33. The van der Waals surface area contributed by atoms with E-state index in [1.54, 1.807) is 0 Å². The highest BCUT2D eigenvalue weighted by molar-refractivity contribution is 7.99. The van der Waals surface area contributed by atoms with E-state index in [0.29, 0.717) is 5.54 Å². The number of thioether (sulfide) groups is 1. The molecule has 2 saturated heterocycles. The lowest BCUT2D eigenvalue weighted by Gasteiger charge is -2.39. The van der Waals surface area contributed by atoms with Crippen LogP contribution in [0.4, 0.5) is 0 Å². The Morgan fingerprint density at radius 1 is 1.06 bits per heavy atom. The number of hydrogen-bond acceptors (Lipinski definition) is 3. The molecule has 2 aliphatic heterocycles. The van der Waals surface area contributed by atoms with Gasteiger partial charge in [-0.2, -0.15) is 11.8 Å². The molecule has 0 radical (unpaired) electrons. The van der Waals surface area contributed by atoms with E-state index in [9.17, 15) is 0 Å². The quantitative estimate of drug-likeness (QED) is 0.774. The van der Waals surface area contributed by atoms with Crippen molar-refractivity contribution in [1.29, 1.82) is 0 Å². The van der Waals surface area contributed by atoms with Gasteiger partial charge in [0.05, 0.1) is 0 Å². The Hall–Kier alpha value is 0.270. The Bertz CT molecular complexity index is 245. The van der Waals surface area contributed by atoms with Crippen LogP contribution in [0.1, 0.15) is 44.9 Å². The van der Waals surface area contributed by atoms with Gasteiger partial charge in [-0.15, -0.1) is 0 Å². The van der Waals surface area contributed by atoms with E-state index in [4.69, 9.17) is 0 Å². The molecule has 3 rings (SSSR count). The van der Waals surface area contributed by atoms with Crippen LogP contribution < -0.4 is 5.32 Å². The van der Waals surface area contributed by atoms with E-state index in [-0.39, 0.29) is 0 Å². The third kappa shape index (κ3) is 2.82. The average Bonchev–Trinajstić information content (AvgIpc) is 2.71. The van der Waals surface area contributed by atoms with Crippen molar-refractivity contribution in [3.63, 3.8) is 0 Å². The maximum atomic E-state index is 3.88. The summed E-state index contributed by atoms with van der Waals surface area (Å²) in [5, 5.41) is 3.88. The summed E-state index contributed by atoms with van der Waals surface area (Å²) in [6, 6.07) is 0.897. The Morgan fingerprint density at radius 3 is 2.59 bits per heavy atom. The van der Waals surface area contributed by atoms with Gasteiger partial charge >= 0.3 is 0 Å². The van der Waals surface area contributed by atoms with Gasteiger partial charge in [-0.1, -0.05) is 12.8 Å². The summed E-state index contributed by atoms with van der Waals surface area (Å²) in [6.45, 7) is 3.92. The maximum Gasteiger partial charge on any atom is 0.0308 e. The maximum absolute atomic E-state index is 3.88. The van der Waals surface area contributed by atoms with Crippen LogP contribution in [0.15, 0.2) is 0 Å². The minimum Gasteiger partial charge on any atom is -0.310 e. The van der Waals surface area contributed by atoms with E-state index in [2.05, 4.69) is 22.0 Å². The molecule has 0 aromatic rings. The number of nitrogens with zero attached hydrogens (tertiary/aromatic N) is 1. The Labute approximate surface area is 110 Å². The summed E-state index contributed by atoms with van der Waals surface area (Å²) >= 11 is 2.15. The summed E-state index contributed by atoms with van der Waals surface area (Å²) in [5.74, 6) is 2.78. The molecule has 1 spiro atoms. The lowest BCUT2D eigenvalue weighted by atomic mass is 9.96. The first-order valence-corrected chi connectivity index (χ1v) is 8.60. The fourth-order valence-corrected chi connectivity index (χ4v) is 4.99. The second-order valence-electron chi connectivity index (χ2n) is 6.08. The van der Waals surface area contributed by atoms with Gasteiger partial charge in [-0.05, 0) is 56.7 Å². The van der Waals surface area contributed by atoms with Crippen molar-refractivity contribution in [2.24, 2.45) is 0 Å². The molecule has 17 heavy (non-hydrogen) atoms. The number of nitrogens with one attached hydrogen (secondary N) is 1. The summed E-state index contributed by atoms with van der Waals surface area (Å²) < 4.78 is 0. The van der Waals surface area contributed by atoms with E-state index < -0.39 is 0 Å². The Morgan fingerprint density at radius 2 is 1.82 bits per heavy atom. The Balaban J connectivity index is 1.66. The standard InChI is InChI=1S/C14H26N2S/c1-2-7-14(6-1)12-16(9-3-8-15-14)13-4-10-17-11-5-13/h13,15H,1-12H2. The zero-order valence-electron chi connectivity index (χ0n) is 10.9. The van der Waals surface area contributed by atoms with Gasteiger partial charge in [0.1, 0.15) is 0 Å². The molecule has 3 heteroatoms. The van der Waals surface area contributed by atoms with Gasteiger partial charge in [0.2, 0.25) is 0 Å². The van der Waals surface area contributed by atoms with Crippen molar-refractivity contribution < 1.29 is 0 Å². The third-order valence-corrected chi connectivity index (χ3v) is 5.94. The van der Waals surface area contributed by atoms with Gasteiger partial charge in [0, 0.05) is 18.1 Å². The third-order valence-electron chi connectivity index (χ3n) is 4.90. The predicted octanol–water partition coefficient (Wildman–Crippen LogP) is 2.49. The molecular weight excluding hydrogens is 228 g/mol.